The number of amides is 1. The largest absolute Gasteiger partial charge is 0.476 e. The standard InChI is InChI=1S/C12H19N5O3/c1-3-12(2,7-13)11(20)16-4-8(5-16)17-6-9(10(18)19)14-15-17/h6,8H,3-5,7,13H2,1-2H3,(H,18,19). The first kappa shape index (κ1) is 14.4. The Hall–Kier alpha value is -1.96. The lowest BCUT2D eigenvalue weighted by Gasteiger charge is -2.43. The molecule has 1 aliphatic heterocycles. The molecule has 0 aliphatic carbocycles. The first-order valence-electron chi connectivity index (χ1n) is 6.56. The number of rotatable bonds is 5. The zero-order valence-corrected chi connectivity index (χ0v) is 11.6. The van der Waals surface area contributed by atoms with E-state index in [4.69, 9.17) is 10.8 Å². The van der Waals surface area contributed by atoms with Crippen molar-refractivity contribution in [2.75, 3.05) is 19.6 Å². The van der Waals surface area contributed by atoms with Crippen LogP contribution in [0.1, 0.15) is 36.8 Å². The molecule has 1 amide bonds. The fourth-order valence-electron chi connectivity index (χ4n) is 2.11. The van der Waals surface area contributed by atoms with Crippen LogP contribution < -0.4 is 5.73 Å². The van der Waals surface area contributed by atoms with Crippen LogP contribution in [0.5, 0.6) is 0 Å². The van der Waals surface area contributed by atoms with E-state index in [2.05, 4.69) is 10.3 Å². The van der Waals surface area contributed by atoms with Gasteiger partial charge in [0.15, 0.2) is 5.69 Å². The summed E-state index contributed by atoms with van der Waals surface area (Å²) in [7, 11) is 0. The lowest BCUT2D eigenvalue weighted by atomic mass is 9.84. The zero-order valence-electron chi connectivity index (χ0n) is 11.6. The van der Waals surface area contributed by atoms with Gasteiger partial charge in [-0.15, -0.1) is 5.10 Å². The third kappa shape index (κ3) is 2.38. The summed E-state index contributed by atoms with van der Waals surface area (Å²) in [6.45, 7) is 5.14. The number of hydrogen-bond donors (Lipinski definition) is 2. The third-order valence-corrected chi connectivity index (χ3v) is 4.00. The Kier molecular flexibility index (Phi) is 3.76. The summed E-state index contributed by atoms with van der Waals surface area (Å²) >= 11 is 0. The number of nitrogens with two attached hydrogens (primary N) is 1. The number of carboxylic acid groups (broad SMARTS) is 1. The summed E-state index contributed by atoms with van der Waals surface area (Å²) in [5.41, 5.74) is 5.06. The van der Waals surface area contributed by atoms with Crippen LogP contribution >= 0.6 is 0 Å². The summed E-state index contributed by atoms with van der Waals surface area (Å²) in [5, 5.41) is 16.1. The van der Waals surface area contributed by atoms with Crippen molar-refractivity contribution in [2.24, 2.45) is 11.1 Å². The molecule has 1 fully saturated rings. The smallest absolute Gasteiger partial charge is 0.358 e. The van der Waals surface area contributed by atoms with Crippen molar-refractivity contribution in [2.45, 2.75) is 26.3 Å². The summed E-state index contributed by atoms with van der Waals surface area (Å²) in [6, 6.07) is -0.0153. The van der Waals surface area contributed by atoms with Gasteiger partial charge in [0.25, 0.3) is 0 Å². The van der Waals surface area contributed by atoms with Crippen LogP contribution in [-0.4, -0.2) is 56.5 Å². The summed E-state index contributed by atoms with van der Waals surface area (Å²) < 4.78 is 1.50. The third-order valence-electron chi connectivity index (χ3n) is 4.00. The van der Waals surface area contributed by atoms with Crippen LogP contribution in [-0.2, 0) is 4.79 Å². The summed E-state index contributed by atoms with van der Waals surface area (Å²) in [5.74, 6) is -1.07. The van der Waals surface area contributed by atoms with Crippen LogP contribution in [0.3, 0.4) is 0 Å². The van der Waals surface area contributed by atoms with Crippen LogP contribution in [0.2, 0.25) is 0 Å². The molecule has 0 radical (unpaired) electrons. The predicted molar refractivity (Wildman–Crippen MR) is 70.1 cm³/mol. The van der Waals surface area contributed by atoms with Gasteiger partial charge in [0.2, 0.25) is 5.91 Å². The van der Waals surface area contributed by atoms with E-state index in [9.17, 15) is 9.59 Å². The monoisotopic (exact) mass is 281 g/mol. The maximum Gasteiger partial charge on any atom is 0.358 e. The number of aromatic nitrogens is 3. The molecule has 8 nitrogen and oxygen atoms in total. The van der Waals surface area contributed by atoms with Crippen LogP contribution in [0.25, 0.3) is 0 Å². The number of nitrogens with zero attached hydrogens (tertiary/aromatic N) is 4. The van der Waals surface area contributed by atoms with E-state index in [0.29, 0.717) is 26.1 Å². The molecular weight excluding hydrogens is 262 g/mol. The quantitative estimate of drug-likeness (QED) is 0.768. The maximum absolute atomic E-state index is 12.3. The topological polar surface area (TPSA) is 114 Å². The second-order valence-corrected chi connectivity index (χ2v) is 5.37. The minimum atomic E-state index is -1.11. The van der Waals surface area contributed by atoms with Crippen LogP contribution in [0.4, 0.5) is 0 Å². The van der Waals surface area contributed by atoms with E-state index >= 15 is 0 Å². The van der Waals surface area contributed by atoms with Crippen molar-refractivity contribution >= 4 is 11.9 Å². The molecular formula is C12H19N5O3. The first-order valence-corrected chi connectivity index (χ1v) is 6.56. The number of likely N-dealkylation sites (tertiary alicyclic amines) is 1. The van der Waals surface area contributed by atoms with E-state index in [-0.39, 0.29) is 17.6 Å². The Labute approximate surface area is 116 Å². The van der Waals surface area contributed by atoms with E-state index in [1.807, 2.05) is 13.8 Å². The Morgan fingerprint density at radius 2 is 2.20 bits per heavy atom. The van der Waals surface area contributed by atoms with Gasteiger partial charge in [-0.1, -0.05) is 12.1 Å². The Morgan fingerprint density at radius 1 is 1.55 bits per heavy atom. The van der Waals surface area contributed by atoms with E-state index in [1.165, 1.54) is 10.9 Å². The van der Waals surface area contributed by atoms with Gasteiger partial charge in [-0.05, 0) is 13.3 Å². The van der Waals surface area contributed by atoms with Crippen molar-refractivity contribution in [3.05, 3.63) is 11.9 Å². The fourth-order valence-corrected chi connectivity index (χ4v) is 2.11. The molecule has 1 aromatic heterocycles. The number of carboxylic acids is 1. The molecule has 1 atom stereocenters. The highest BCUT2D eigenvalue weighted by Crippen LogP contribution is 2.29. The average Bonchev–Trinajstić information content (AvgIpc) is 2.85. The summed E-state index contributed by atoms with van der Waals surface area (Å²) in [4.78, 5) is 24.8. The van der Waals surface area contributed by atoms with Gasteiger partial charge in [-0.3, -0.25) is 4.79 Å². The van der Waals surface area contributed by atoms with Crippen molar-refractivity contribution in [1.82, 2.24) is 19.9 Å². The molecule has 2 rings (SSSR count). The average molecular weight is 281 g/mol. The molecule has 110 valence electrons. The van der Waals surface area contributed by atoms with E-state index in [1.54, 1.807) is 4.90 Å². The molecule has 0 saturated carbocycles. The lowest BCUT2D eigenvalue weighted by molar-refractivity contribution is -0.147. The molecule has 3 N–H and O–H groups in total. The second kappa shape index (κ2) is 5.20. The highest BCUT2D eigenvalue weighted by Gasteiger charge is 2.40. The molecule has 1 aliphatic rings. The van der Waals surface area contributed by atoms with E-state index in [0.717, 1.165) is 0 Å². The van der Waals surface area contributed by atoms with Gasteiger partial charge in [-0.25, -0.2) is 9.48 Å². The van der Waals surface area contributed by atoms with Crippen molar-refractivity contribution < 1.29 is 14.7 Å². The van der Waals surface area contributed by atoms with Gasteiger partial charge >= 0.3 is 5.97 Å². The predicted octanol–water partition coefficient (Wildman–Crippen LogP) is -0.265. The molecule has 0 aromatic carbocycles. The highest BCUT2D eigenvalue weighted by molar-refractivity contribution is 5.85. The van der Waals surface area contributed by atoms with Crippen LogP contribution in [0.15, 0.2) is 6.20 Å². The van der Waals surface area contributed by atoms with Gasteiger partial charge < -0.3 is 15.7 Å². The molecule has 1 unspecified atom stereocenters. The second-order valence-electron chi connectivity index (χ2n) is 5.37. The van der Waals surface area contributed by atoms with E-state index < -0.39 is 11.4 Å². The van der Waals surface area contributed by atoms with Crippen molar-refractivity contribution in [1.29, 1.82) is 0 Å². The Bertz CT molecular complexity index is 517. The maximum atomic E-state index is 12.3. The number of carbonyl (C=O) groups is 2. The van der Waals surface area contributed by atoms with Gasteiger partial charge in [0, 0.05) is 19.6 Å². The minimum Gasteiger partial charge on any atom is -0.476 e. The highest BCUT2D eigenvalue weighted by atomic mass is 16.4. The van der Waals surface area contributed by atoms with Gasteiger partial charge in [-0.2, -0.15) is 0 Å². The minimum absolute atomic E-state index is 0.0153. The Balaban J connectivity index is 1.97. The molecule has 2 heterocycles. The molecule has 1 aromatic rings. The molecule has 20 heavy (non-hydrogen) atoms. The van der Waals surface area contributed by atoms with Gasteiger partial charge in [0.05, 0.1) is 17.7 Å². The van der Waals surface area contributed by atoms with Crippen molar-refractivity contribution in [3.8, 4) is 0 Å². The first-order chi connectivity index (χ1) is 9.41. The van der Waals surface area contributed by atoms with Crippen LogP contribution in [0, 0.1) is 5.41 Å². The number of carbonyl (C=O) groups excluding carboxylic acids is 1. The van der Waals surface area contributed by atoms with Gasteiger partial charge in [0.1, 0.15) is 0 Å². The molecule has 1 saturated heterocycles. The number of aromatic carboxylic acids is 1. The fraction of sp³-hybridized carbons (Fsp3) is 0.667. The zero-order chi connectivity index (χ0) is 14.9. The number of hydrogen-bond acceptors (Lipinski definition) is 5. The molecule has 8 heteroatoms. The normalized spacial score (nSPS) is 18.4. The lowest BCUT2D eigenvalue weighted by Crippen LogP contribution is -2.56. The molecule has 0 spiro atoms. The molecule has 0 bridgehead atoms. The summed E-state index contributed by atoms with van der Waals surface area (Å²) in [6.07, 6.45) is 2.08. The SMILES string of the molecule is CCC(C)(CN)C(=O)N1CC(n2cc(C(=O)O)nn2)C1. The van der Waals surface area contributed by atoms with Crippen molar-refractivity contribution in [3.63, 3.8) is 0 Å². The Morgan fingerprint density at radius 3 is 2.65 bits per heavy atom.